The maximum Gasteiger partial charge on any atom is 0.269 e. The number of amides is 1. The first-order valence-electron chi connectivity index (χ1n) is 3.50. The zero-order valence-electron chi connectivity index (χ0n) is 6.95. The van der Waals surface area contributed by atoms with Crippen LogP contribution >= 0.6 is 0 Å². The van der Waals surface area contributed by atoms with Gasteiger partial charge in [-0.25, -0.2) is 0 Å². The van der Waals surface area contributed by atoms with E-state index in [9.17, 15) is 4.79 Å². The van der Waals surface area contributed by atoms with E-state index in [-0.39, 0.29) is 24.8 Å². The Bertz CT molecular complexity index is 199. The SMILES string of the molecule is CN=C(C=CN)C(=O)NCCO. The monoisotopic (exact) mass is 171 g/mol. The number of aliphatic imine (C=N–C) groups is 1. The van der Waals surface area contributed by atoms with Crippen LogP contribution < -0.4 is 11.1 Å². The topological polar surface area (TPSA) is 87.7 Å². The Morgan fingerprint density at radius 1 is 1.75 bits per heavy atom. The van der Waals surface area contributed by atoms with Crippen LogP contribution in [0.3, 0.4) is 0 Å². The summed E-state index contributed by atoms with van der Waals surface area (Å²) < 4.78 is 0. The summed E-state index contributed by atoms with van der Waals surface area (Å²) in [6.45, 7) is 0.130. The van der Waals surface area contributed by atoms with Gasteiger partial charge >= 0.3 is 0 Å². The number of carbonyl (C=O) groups is 1. The third-order valence-electron chi connectivity index (χ3n) is 1.12. The molecule has 0 fully saturated rings. The molecule has 0 rings (SSSR count). The number of rotatable bonds is 4. The predicted octanol–water partition coefficient (Wildman–Crippen LogP) is -1.36. The lowest BCUT2D eigenvalue weighted by Gasteiger charge is -2.01. The molecule has 0 saturated carbocycles. The number of aliphatic hydroxyl groups is 1. The highest BCUT2D eigenvalue weighted by Gasteiger charge is 2.04. The largest absolute Gasteiger partial charge is 0.405 e. The van der Waals surface area contributed by atoms with Crippen LogP contribution in [0.5, 0.6) is 0 Å². The molecule has 0 aromatic heterocycles. The van der Waals surface area contributed by atoms with Crippen LogP contribution in [0.15, 0.2) is 17.3 Å². The highest BCUT2D eigenvalue weighted by molar-refractivity contribution is 6.43. The highest BCUT2D eigenvalue weighted by atomic mass is 16.3. The van der Waals surface area contributed by atoms with Crippen LogP contribution in [-0.4, -0.2) is 36.9 Å². The van der Waals surface area contributed by atoms with Gasteiger partial charge in [-0.1, -0.05) is 0 Å². The van der Waals surface area contributed by atoms with Crippen LogP contribution in [0.4, 0.5) is 0 Å². The van der Waals surface area contributed by atoms with E-state index >= 15 is 0 Å². The Kier molecular flexibility index (Phi) is 5.64. The van der Waals surface area contributed by atoms with E-state index < -0.39 is 0 Å². The summed E-state index contributed by atoms with van der Waals surface area (Å²) in [5.74, 6) is -0.340. The standard InChI is InChI=1S/C7H13N3O2/c1-9-6(2-3-8)7(12)10-4-5-11/h2-3,11H,4-5,8H2,1H3,(H,10,12). The van der Waals surface area contributed by atoms with Crippen molar-refractivity contribution < 1.29 is 9.90 Å². The third-order valence-corrected chi connectivity index (χ3v) is 1.12. The summed E-state index contributed by atoms with van der Waals surface area (Å²) in [5, 5.41) is 10.8. The lowest BCUT2D eigenvalue weighted by atomic mass is 10.3. The van der Waals surface area contributed by atoms with Crippen LogP contribution in [-0.2, 0) is 4.79 Å². The van der Waals surface area contributed by atoms with Gasteiger partial charge in [0.2, 0.25) is 0 Å². The number of hydrogen-bond acceptors (Lipinski definition) is 4. The second-order valence-corrected chi connectivity index (χ2v) is 1.95. The van der Waals surface area contributed by atoms with Crippen LogP contribution in [0.25, 0.3) is 0 Å². The molecule has 0 atom stereocenters. The van der Waals surface area contributed by atoms with Crippen molar-refractivity contribution in [1.82, 2.24) is 5.32 Å². The highest BCUT2D eigenvalue weighted by Crippen LogP contribution is 1.79. The molecule has 0 aliphatic rings. The first-order valence-corrected chi connectivity index (χ1v) is 3.50. The molecular weight excluding hydrogens is 158 g/mol. The lowest BCUT2D eigenvalue weighted by Crippen LogP contribution is -2.32. The van der Waals surface area contributed by atoms with E-state index in [1.807, 2.05) is 0 Å². The van der Waals surface area contributed by atoms with Gasteiger partial charge in [0.1, 0.15) is 5.71 Å². The maximum absolute atomic E-state index is 11.1. The molecule has 0 aromatic rings. The zero-order valence-corrected chi connectivity index (χ0v) is 6.95. The first-order chi connectivity index (χ1) is 5.76. The molecule has 0 bridgehead atoms. The van der Waals surface area contributed by atoms with Crippen molar-refractivity contribution in [3.05, 3.63) is 12.3 Å². The number of nitrogens with zero attached hydrogens (tertiary/aromatic N) is 1. The zero-order chi connectivity index (χ0) is 9.40. The Labute approximate surface area is 71.0 Å². The summed E-state index contributed by atoms with van der Waals surface area (Å²) in [6, 6.07) is 0. The molecular formula is C7H13N3O2. The Hall–Kier alpha value is -1.36. The van der Waals surface area contributed by atoms with E-state index in [2.05, 4.69) is 10.3 Å². The number of carbonyl (C=O) groups excluding carboxylic acids is 1. The molecule has 0 spiro atoms. The van der Waals surface area contributed by atoms with Gasteiger partial charge < -0.3 is 16.2 Å². The van der Waals surface area contributed by atoms with Crippen molar-refractivity contribution >= 4 is 11.6 Å². The van der Waals surface area contributed by atoms with Crippen molar-refractivity contribution in [1.29, 1.82) is 0 Å². The van der Waals surface area contributed by atoms with Gasteiger partial charge in [0.05, 0.1) is 6.61 Å². The normalized spacial score (nSPS) is 12.0. The molecule has 0 heterocycles. The molecule has 5 nitrogen and oxygen atoms in total. The lowest BCUT2D eigenvalue weighted by molar-refractivity contribution is -0.114. The van der Waals surface area contributed by atoms with Gasteiger partial charge in [0.15, 0.2) is 0 Å². The summed E-state index contributed by atoms with van der Waals surface area (Å²) in [7, 11) is 1.49. The molecule has 68 valence electrons. The molecule has 0 unspecified atom stereocenters. The molecule has 12 heavy (non-hydrogen) atoms. The molecule has 0 aromatic carbocycles. The molecule has 0 saturated heterocycles. The van der Waals surface area contributed by atoms with Crippen LogP contribution in [0.2, 0.25) is 0 Å². The minimum Gasteiger partial charge on any atom is -0.405 e. The molecule has 0 radical (unpaired) electrons. The predicted molar refractivity (Wildman–Crippen MR) is 46.8 cm³/mol. The quantitative estimate of drug-likeness (QED) is 0.456. The summed E-state index contributed by atoms with van der Waals surface area (Å²) in [5.41, 5.74) is 5.32. The second kappa shape index (κ2) is 6.36. The van der Waals surface area contributed by atoms with Crippen molar-refractivity contribution in [2.24, 2.45) is 10.7 Å². The van der Waals surface area contributed by atoms with E-state index in [1.165, 1.54) is 19.3 Å². The number of aliphatic hydroxyl groups excluding tert-OH is 1. The van der Waals surface area contributed by atoms with Crippen molar-refractivity contribution in [2.75, 3.05) is 20.2 Å². The molecule has 0 aliphatic heterocycles. The Morgan fingerprint density at radius 3 is 2.83 bits per heavy atom. The van der Waals surface area contributed by atoms with E-state index in [0.717, 1.165) is 0 Å². The van der Waals surface area contributed by atoms with E-state index in [0.29, 0.717) is 0 Å². The minimum atomic E-state index is -0.340. The fourth-order valence-electron chi connectivity index (χ4n) is 0.603. The number of hydrogen-bond donors (Lipinski definition) is 3. The average Bonchev–Trinajstić information content (AvgIpc) is 2.10. The van der Waals surface area contributed by atoms with Gasteiger partial charge in [-0.15, -0.1) is 0 Å². The fourth-order valence-corrected chi connectivity index (χ4v) is 0.603. The van der Waals surface area contributed by atoms with E-state index in [4.69, 9.17) is 10.8 Å². The Morgan fingerprint density at radius 2 is 2.42 bits per heavy atom. The summed E-state index contributed by atoms with van der Waals surface area (Å²) in [6.07, 6.45) is 2.63. The fraction of sp³-hybridized carbons (Fsp3) is 0.429. The van der Waals surface area contributed by atoms with Gasteiger partial charge in [-0.3, -0.25) is 9.79 Å². The van der Waals surface area contributed by atoms with Gasteiger partial charge in [-0.05, 0) is 12.3 Å². The average molecular weight is 171 g/mol. The second-order valence-electron chi connectivity index (χ2n) is 1.95. The Balaban J connectivity index is 4.05. The van der Waals surface area contributed by atoms with Gasteiger partial charge in [0, 0.05) is 13.6 Å². The van der Waals surface area contributed by atoms with Crippen molar-refractivity contribution in [3.8, 4) is 0 Å². The van der Waals surface area contributed by atoms with Gasteiger partial charge in [0.25, 0.3) is 5.91 Å². The smallest absolute Gasteiger partial charge is 0.269 e. The van der Waals surface area contributed by atoms with E-state index in [1.54, 1.807) is 0 Å². The third kappa shape index (κ3) is 3.72. The van der Waals surface area contributed by atoms with Crippen molar-refractivity contribution in [2.45, 2.75) is 0 Å². The van der Waals surface area contributed by atoms with Crippen molar-refractivity contribution in [3.63, 3.8) is 0 Å². The van der Waals surface area contributed by atoms with Crippen LogP contribution in [0.1, 0.15) is 0 Å². The molecule has 0 aliphatic carbocycles. The minimum absolute atomic E-state index is 0.0882. The molecule has 1 amide bonds. The summed E-state index contributed by atoms with van der Waals surface area (Å²) >= 11 is 0. The molecule has 5 heteroatoms. The molecule has 4 N–H and O–H groups in total. The first kappa shape index (κ1) is 10.6. The number of nitrogens with two attached hydrogens (primary N) is 1. The number of nitrogens with one attached hydrogen (secondary N) is 1. The van der Waals surface area contributed by atoms with Gasteiger partial charge in [-0.2, -0.15) is 0 Å². The maximum atomic E-state index is 11.1. The van der Waals surface area contributed by atoms with Crippen LogP contribution in [0, 0.1) is 0 Å². The summed E-state index contributed by atoms with van der Waals surface area (Å²) in [4.78, 5) is 14.8.